The highest BCUT2D eigenvalue weighted by molar-refractivity contribution is 5.99. The zero-order valence-corrected chi connectivity index (χ0v) is 7.40. The van der Waals surface area contributed by atoms with Crippen molar-refractivity contribution in [1.29, 1.82) is 0 Å². The van der Waals surface area contributed by atoms with Crippen LogP contribution in [0.1, 0.15) is 29.6 Å². The molecule has 2 saturated carbocycles. The minimum absolute atomic E-state index is 0.309. The molecular weight excluding hydrogens is 164 g/mol. The van der Waals surface area contributed by atoms with E-state index in [1.807, 2.05) is 0 Å². The number of fused-ring (bicyclic) bond motifs is 1. The molecule has 0 saturated heterocycles. The number of furan rings is 1. The minimum Gasteiger partial charge on any atom is -0.472 e. The zero-order chi connectivity index (χ0) is 8.84. The molecule has 3 rings (SSSR count). The number of hydrogen-bond acceptors (Lipinski definition) is 2. The quantitative estimate of drug-likeness (QED) is 0.648. The van der Waals surface area contributed by atoms with Crippen LogP contribution in [0.15, 0.2) is 23.0 Å². The Bertz CT molecular complexity index is 316. The predicted molar refractivity (Wildman–Crippen MR) is 47.4 cm³/mol. The smallest absolute Gasteiger partial charge is 0.169 e. The average Bonchev–Trinajstić information content (AvgIpc) is 2.68. The van der Waals surface area contributed by atoms with Crippen molar-refractivity contribution in [3.8, 4) is 0 Å². The Balaban J connectivity index is 1.78. The van der Waals surface area contributed by atoms with E-state index in [1.165, 1.54) is 19.3 Å². The van der Waals surface area contributed by atoms with Gasteiger partial charge in [0.05, 0.1) is 11.8 Å². The van der Waals surface area contributed by atoms with Crippen LogP contribution in [0.2, 0.25) is 0 Å². The Hall–Kier alpha value is -1.05. The first kappa shape index (κ1) is 7.36. The van der Waals surface area contributed by atoms with E-state index >= 15 is 0 Å². The van der Waals surface area contributed by atoms with Crippen LogP contribution in [0, 0.1) is 17.8 Å². The first-order valence-electron chi connectivity index (χ1n) is 4.94. The summed E-state index contributed by atoms with van der Waals surface area (Å²) in [6.45, 7) is 0. The van der Waals surface area contributed by atoms with E-state index in [-0.39, 0.29) is 0 Å². The standard InChI is InChI=1S/C11H12O2/c12-11(7-4-5-13-6-7)10-8-2-1-3-9(8)10/h4-6,8-10H,1-3H2. The van der Waals surface area contributed by atoms with E-state index in [4.69, 9.17) is 4.42 Å². The van der Waals surface area contributed by atoms with Gasteiger partial charge in [-0.1, -0.05) is 6.42 Å². The average molecular weight is 176 g/mol. The van der Waals surface area contributed by atoms with Crippen molar-refractivity contribution in [2.75, 3.05) is 0 Å². The third-order valence-corrected chi connectivity index (χ3v) is 3.51. The molecule has 1 aromatic rings. The first-order chi connectivity index (χ1) is 6.38. The lowest BCUT2D eigenvalue weighted by atomic mass is 10.0. The molecule has 2 heteroatoms. The van der Waals surface area contributed by atoms with Gasteiger partial charge in [-0.05, 0) is 30.7 Å². The van der Waals surface area contributed by atoms with Gasteiger partial charge in [0.25, 0.3) is 0 Å². The third kappa shape index (κ3) is 0.978. The van der Waals surface area contributed by atoms with E-state index < -0.39 is 0 Å². The van der Waals surface area contributed by atoms with Crippen molar-refractivity contribution in [2.45, 2.75) is 19.3 Å². The molecular formula is C11H12O2. The number of Topliss-reactive ketones (excluding diaryl/α,β-unsaturated/α-hetero) is 1. The van der Waals surface area contributed by atoms with Crippen LogP contribution in [0.25, 0.3) is 0 Å². The molecule has 0 radical (unpaired) electrons. The molecule has 2 aliphatic carbocycles. The summed E-state index contributed by atoms with van der Waals surface area (Å²) in [6, 6.07) is 1.77. The maximum Gasteiger partial charge on any atom is 0.169 e. The molecule has 2 nitrogen and oxygen atoms in total. The Morgan fingerprint density at radius 3 is 2.77 bits per heavy atom. The Morgan fingerprint density at radius 1 is 1.38 bits per heavy atom. The molecule has 0 aliphatic heterocycles. The van der Waals surface area contributed by atoms with Gasteiger partial charge in [-0.25, -0.2) is 0 Å². The Kier molecular flexibility index (Phi) is 1.40. The number of carbonyl (C=O) groups is 1. The van der Waals surface area contributed by atoms with Gasteiger partial charge in [-0.2, -0.15) is 0 Å². The summed E-state index contributed by atoms with van der Waals surface area (Å²) in [7, 11) is 0. The van der Waals surface area contributed by atoms with Crippen LogP contribution in [0.3, 0.4) is 0 Å². The fraction of sp³-hybridized carbons (Fsp3) is 0.545. The number of ketones is 1. The molecule has 13 heavy (non-hydrogen) atoms. The van der Waals surface area contributed by atoms with Crippen LogP contribution < -0.4 is 0 Å². The molecule has 68 valence electrons. The zero-order valence-electron chi connectivity index (χ0n) is 7.40. The first-order valence-corrected chi connectivity index (χ1v) is 4.94. The lowest BCUT2D eigenvalue weighted by molar-refractivity contribution is 0.0951. The van der Waals surface area contributed by atoms with E-state index in [1.54, 1.807) is 18.6 Å². The highest BCUT2D eigenvalue weighted by Gasteiger charge is 2.56. The van der Waals surface area contributed by atoms with E-state index in [0.29, 0.717) is 23.5 Å². The van der Waals surface area contributed by atoms with Crippen LogP contribution in [0.5, 0.6) is 0 Å². The van der Waals surface area contributed by atoms with Gasteiger partial charge in [-0.15, -0.1) is 0 Å². The summed E-state index contributed by atoms with van der Waals surface area (Å²) in [6.07, 6.45) is 6.99. The Morgan fingerprint density at radius 2 is 2.15 bits per heavy atom. The Labute approximate surface area is 76.9 Å². The fourth-order valence-electron chi connectivity index (χ4n) is 2.81. The summed E-state index contributed by atoms with van der Waals surface area (Å²) in [4.78, 5) is 11.8. The molecule has 0 aromatic carbocycles. The molecule has 2 unspecified atom stereocenters. The fourth-order valence-corrected chi connectivity index (χ4v) is 2.81. The van der Waals surface area contributed by atoms with Crippen LogP contribution >= 0.6 is 0 Å². The van der Waals surface area contributed by atoms with Gasteiger partial charge in [0.15, 0.2) is 5.78 Å². The molecule has 1 aromatic heterocycles. The van der Waals surface area contributed by atoms with Crippen molar-refractivity contribution < 1.29 is 9.21 Å². The lowest BCUT2D eigenvalue weighted by Crippen LogP contribution is -2.04. The number of hydrogen-bond donors (Lipinski definition) is 0. The molecule has 2 atom stereocenters. The molecule has 1 heterocycles. The second-order valence-corrected chi connectivity index (χ2v) is 4.16. The normalized spacial score (nSPS) is 35.8. The monoisotopic (exact) mass is 176 g/mol. The molecule has 2 aliphatic rings. The van der Waals surface area contributed by atoms with Crippen LogP contribution in [-0.4, -0.2) is 5.78 Å². The van der Waals surface area contributed by atoms with Gasteiger partial charge in [0, 0.05) is 5.92 Å². The summed E-state index contributed by atoms with van der Waals surface area (Å²) in [5.74, 6) is 2.07. The maximum atomic E-state index is 11.8. The highest BCUT2D eigenvalue weighted by atomic mass is 16.3. The molecule has 0 N–H and O–H groups in total. The predicted octanol–water partition coefficient (Wildman–Crippen LogP) is 2.51. The SMILES string of the molecule is O=C(c1ccoc1)C1C2CCCC21. The van der Waals surface area contributed by atoms with Crippen molar-refractivity contribution in [3.63, 3.8) is 0 Å². The summed E-state index contributed by atoms with van der Waals surface area (Å²) in [5.41, 5.74) is 0.763. The molecule has 0 spiro atoms. The second kappa shape index (κ2) is 2.47. The lowest BCUT2D eigenvalue weighted by Gasteiger charge is -1.98. The van der Waals surface area contributed by atoms with Gasteiger partial charge >= 0.3 is 0 Å². The van der Waals surface area contributed by atoms with Crippen molar-refractivity contribution in [2.24, 2.45) is 17.8 Å². The van der Waals surface area contributed by atoms with Crippen molar-refractivity contribution in [3.05, 3.63) is 24.2 Å². The third-order valence-electron chi connectivity index (χ3n) is 3.51. The van der Waals surface area contributed by atoms with Crippen LogP contribution in [-0.2, 0) is 0 Å². The molecule has 2 fully saturated rings. The summed E-state index contributed by atoms with van der Waals surface area (Å²) >= 11 is 0. The minimum atomic E-state index is 0.309. The van der Waals surface area contributed by atoms with Crippen molar-refractivity contribution in [1.82, 2.24) is 0 Å². The van der Waals surface area contributed by atoms with Crippen molar-refractivity contribution >= 4 is 5.78 Å². The molecule has 0 bridgehead atoms. The topological polar surface area (TPSA) is 30.2 Å². The highest BCUT2D eigenvalue weighted by Crippen LogP contribution is 2.58. The summed E-state index contributed by atoms with van der Waals surface area (Å²) in [5, 5.41) is 0. The van der Waals surface area contributed by atoms with E-state index in [2.05, 4.69) is 0 Å². The van der Waals surface area contributed by atoms with E-state index in [0.717, 1.165) is 5.56 Å². The molecule has 0 amide bonds. The van der Waals surface area contributed by atoms with Crippen LogP contribution in [0.4, 0.5) is 0 Å². The van der Waals surface area contributed by atoms with Gasteiger partial charge in [0.1, 0.15) is 6.26 Å². The maximum absolute atomic E-state index is 11.8. The van der Waals surface area contributed by atoms with Gasteiger partial charge in [-0.3, -0.25) is 4.79 Å². The largest absolute Gasteiger partial charge is 0.472 e. The summed E-state index contributed by atoms with van der Waals surface area (Å²) < 4.78 is 4.91. The van der Waals surface area contributed by atoms with Gasteiger partial charge < -0.3 is 4.42 Å². The van der Waals surface area contributed by atoms with E-state index in [9.17, 15) is 4.79 Å². The number of carbonyl (C=O) groups excluding carboxylic acids is 1. The number of rotatable bonds is 2. The van der Waals surface area contributed by atoms with Gasteiger partial charge in [0.2, 0.25) is 0 Å². The second-order valence-electron chi connectivity index (χ2n) is 4.16.